The Labute approximate surface area is 164 Å². The van der Waals surface area contributed by atoms with Gasteiger partial charge in [0.2, 0.25) is 0 Å². The molecule has 1 aliphatic rings. The molecule has 0 aliphatic carbocycles. The highest BCUT2D eigenvalue weighted by Gasteiger charge is 2.23. The maximum Gasteiger partial charge on any atom is 0.251 e. The van der Waals surface area contributed by atoms with Gasteiger partial charge < -0.3 is 9.72 Å². The third kappa shape index (κ3) is 4.14. The minimum absolute atomic E-state index is 0.103. The Morgan fingerprint density at radius 3 is 2.61 bits per heavy atom. The van der Waals surface area contributed by atoms with Crippen LogP contribution in [0.3, 0.4) is 0 Å². The molecule has 4 rings (SSSR count). The summed E-state index contributed by atoms with van der Waals surface area (Å²) in [5.41, 5.74) is 2.90. The van der Waals surface area contributed by atoms with Gasteiger partial charge >= 0.3 is 0 Å². The minimum Gasteiger partial charge on any atom is -0.497 e. The maximum absolute atomic E-state index is 12.2. The van der Waals surface area contributed by atoms with E-state index in [1.165, 1.54) is 5.56 Å². The van der Waals surface area contributed by atoms with Crippen molar-refractivity contribution in [2.75, 3.05) is 20.2 Å². The zero-order valence-electron chi connectivity index (χ0n) is 16.3. The number of benzene rings is 1. The fourth-order valence-corrected chi connectivity index (χ4v) is 3.77. The number of aryl methyl sites for hydroxylation is 1. The van der Waals surface area contributed by atoms with E-state index in [4.69, 9.17) is 9.72 Å². The average molecular weight is 379 g/mol. The van der Waals surface area contributed by atoms with Crippen molar-refractivity contribution in [2.24, 2.45) is 7.05 Å². The molecule has 0 atom stereocenters. The summed E-state index contributed by atoms with van der Waals surface area (Å²) in [5, 5.41) is 4.24. The van der Waals surface area contributed by atoms with Gasteiger partial charge in [0.25, 0.3) is 5.56 Å². The number of aromatic amines is 1. The van der Waals surface area contributed by atoms with E-state index in [-0.39, 0.29) is 5.56 Å². The van der Waals surface area contributed by atoms with Crippen LogP contribution in [0.25, 0.3) is 11.4 Å². The van der Waals surface area contributed by atoms with Crippen LogP contribution < -0.4 is 10.3 Å². The SMILES string of the molecule is COc1ccc(-c2nc(C3CCN(Cc4cnn(C)c4)CC3)cc(=O)[nH]2)cc1. The van der Waals surface area contributed by atoms with Crippen molar-refractivity contribution in [3.8, 4) is 17.1 Å². The summed E-state index contributed by atoms with van der Waals surface area (Å²) < 4.78 is 7.04. The van der Waals surface area contributed by atoms with E-state index in [1.54, 1.807) is 13.2 Å². The summed E-state index contributed by atoms with van der Waals surface area (Å²) in [7, 11) is 3.57. The molecule has 1 fully saturated rings. The molecule has 28 heavy (non-hydrogen) atoms. The predicted octanol–water partition coefficient (Wildman–Crippen LogP) is 2.56. The van der Waals surface area contributed by atoms with E-state index in [9.17, 15) is 4.79 Å². The molecule has 1 N–H and O–H groups in total. The lowest BCUT2D eigenvalue weighted by atomic mass is 9.93. The summed E-state index contributed by atoms with van der Waals surface area (Å²) >= 11 is 0. The van der Waals surface area contributed by atoms with Gasteiger partial charge in [-0.05, 0) is 50.2 Å². The number of likely N-dealkylation sites (tertiary alicyclic amines) is 1. The van der Waals surface area contributed by atoms with Crippen LogP contribution in [0.1, 0.15) is 30.0 Å². The number of rotatable bonds is 5. The van der Waals surface area contributed by atoms with E-state index in [0.29, 0.717) is 11.7 Å². The Morgan fingerprint density at radius 2 is 1.96 bits per heavy atom. The summed E-state index contributed by atoms with van der Waals surface area (Å²) in [5.74, 6) is 1.70. The summed E-state index contributed by atoms with van der Waals surface area (Å²) in [6.45, 7) is 2.90. The van der Waals surface area contributed by atoms with E-state index in [2.05, 4.69) is 21.2 Å². The number of ether oxygens (including phenoxy) is 1. The smallest absolute Gasteiger partial charge is 0.251 e. The largest absolute Gasteiger partial charge is 0.497 e. The monoisotopic (exact) mass is 379 g/mol. The van der Waals surface area contributed by atoms with Gasteiger partial charge in [-0.1, -0.05) is 0 Å². The Hall–Kier alpha value is -2.93. The van der Waals surface area contributed by atoms with Gasteiger partial charge in [-0.15, -0.1) is 0 Å². The van der Waals surface area contributed by atoms with Gasteiger partial charge in [0.05, 0.1) is 19.0 Å². The molecular formula is C21H25N5O2. The Balaban J connectivity index is 1.46. The van der Waals surface area contributed by atoms with Crippen LogP contribution in [0.2, 0.25) is 0 Å². The fourth-order valence-electron chi connectivity index (χ4n) is 3.77. The first-order valence-electron chi connectivity index (χ1n) is 9.56. The lowest BCUT2D eigenvalue weighted by Gasteiger charge is -2.31. The molecule has 1 saturated heterocycles. The highest BCUT2D eigenvalue weighted by Crippen LogP contribution is 2.28. The van der Waals surface area contributed by atoms with Crippen LogP contribution in [0.15, 0.2) is 47.5 Å². The van der Waals surface area contributed by atoms with E-state index >= 15 is 0 Å². The van der Waals surface area contributed by atoms with Crippen molar-refractivity contribution < 1.29 is 4.74 Å². The second-order valence-corrected chi connectivity index (χ2v) is 7.32. The minimum atomic E-state index is -0.103. The van der Waals surface area contributed by atoms with Crippen LogP contribution in [0.5, 0.6) is 5.75 Å². The van der Waals surface area contributed by atoms with Crippen LogP contribution >= 0.6 is 0 Å². The molecule has 1 aliphatic heterocycles. The molecule has 7 heteroatoms. The molecule has 146 valence electrons. The third-order valence-corrected chi connectivity index (χ3v) is 5.30. The Morgan fingerprint density at radius 1 is 1.21 bits per heavy atom. The molecule has 0 amide bonds. The van der Waals surface area contributed by atoms with Crippen molar-refractivity contribution in [3.63, 3.8) is 0 Å². The van der Waals surface area contributed by atoms with Gasteiger partial charge in [0, 0.05) is 42.9 Å². The van der Waals surface area contributed by atoms with Crippen LogP contribution in [0, 0.1) is 0 Å². The molecule has 0 radical (unpaired) electrons. The molecule has 1 aromatic carbocycles. The number of hydrogen-bond donors (Lipinski definition) is 1. The number of H-pyrrole nitrogens is 1. The van der Waals surface area contributed by atoms with Crippen LogP contribution in [-0.4, -0.2) is 44.8 Å². The molecule has 0 saturated carbocycles. The van der Waals surface area contributed by atoms with Crippen LogP contribution in [-0.2, 0) is 13.6 Å². The van der Waals surface area contributed by atoms with Crippen molar-refractivity contribution in [3.05, 3.63) is 64.3 Å². The summed E-state index contributed by atoms with van der Waals surface area (Å²) in [4.78, 5) is 22.3. The highest BCUT2D eigenvalue weighted by molar-refractivity contribution is 5.56. The van der Waals surface area contributed by atoms with Gasteiger partial charge in [0.15, 0.2) is 0 Å². The fraction of sp³-hybridized carbons (Fsp3) is 0.381. The van der Waals surface area contributed by atoms with E-state index in [1.807, 2.05) is 42.2 Å². The summed E-state index contributed by atoms with van der Waals surface area (Å²) in [6, 6.07) is 9.22. The molecule has 7 nitrogen and oxygen atoms in total. The predicted molar refractivity (Wildman–Crippen MR) is 107 cm³/mol. The normalized spacial score (nSPS) is 15.6. The Bertz CT molecular complexity index is 985. The zero-order valence-corrected chi connectivity index (χ0v) is 16.3. The molecule has 0 spiro atoms. The second kappa shape index (κ2) is 7.98. The number of nitrogens with zero attached hydrogens (tertiary/aromatic N) is 4. The third-order valence-electron chi connectivity index (χ3n) is 5.30. The number of aromatic nitrogens is 4. The molecule has 3 aromatic rings. The van der Waals surface area contributed by atoms with Crippen LogP contribution in [0.4, 0.5) is 0 Å². The lowest BCUT2D eigenvalue weighted by molar-refractivity contribution is 0.203. The standard InChI is InChI=1S/C21H25N5O2/c1-25-13-15(12-22-25)14-26-9-7-16(8-10-26)19-11-20(27)24-21(23-19)17-3-5-18(28-2)6-4-17/h3-6,11-13,16H,7-10,14H2,1-2H3,(H,23,24,27). The second-order valence-electron chi connectivity index (χ2n) is 7.32. The molecule has 2 aromatic heterocycles. The van der Waals surface area contributed by atoms with Crippen molar-refractivity contribution in [2.45, 2.75) is 25.3 Å². The first kappa shape index (κ1) is 18.4. The van der Waals surface area contributed by atoms with Gasteiger partial charge in [0.1, 0.15) is 11.6 Å². The zero-order chi connectivity index (χ0) is 19.5. The van der Waals surface area contributed by atoms with Crippen molar-refractivity contribution in [1.82, 2.24) is 24.6 Å². The molecule has 0 bridgehead atoms. The van der Waals surface area contributed by atoms with E-state index < -0.39 is 0 Å². The highest BCUT2D eigenvalue weighted by atomic mass is 16.5. The topological polar surface area (TPSA) is 76.0 Å². The first-order valence-corrected chi connectivity index (χ1v) is 9.56. The van der Waals surface area contributed by atoms with Gasteiger partial charge in [-0.3, -0.25) is 14.4 Å². The lowest BCUT2D eigenvalue weighted by Crippen LogP contribution is -2.33. The molecular weight excluding hydrogens is 354 g/mol. The number of methoxy groups -OCH3 is 1. The maximum atomic E-state index is 12.2. The first-order chi connectivity index (χ1) is 13.6. The molecule has 0 unspecified atom stereocenters. The molecule has 3 heterocycles. The van der Waals surface area contributed by atoms with Gasteiger partial charge in [-0.25, -0.2) is 4.98 Å². The number of nitrogens with one attached hydrogen (secondary N) is 1. The van der Waals surface area contributed by atoms with Crippen molar-refractivity contribution in [1.29, 1.82) is 0 Å². The quantitative estimate of drug-likeness (QED) is 0.737. The number of hydrogen-bond acceptors (Lipinski definition) is 5. The Kier molecular flexibility index (Phi) is 5.25. The van der Waals surface area contributed by atoms with Crippen molar-refractivity contribution >= 4 is 0 Å². The van der Waals surface area contributed by atoms with Gasteiger partial charge in [-0.2, -0.15) is 5.10 Å². The summed E-state index contributed by atoms with van der Waals surface area (Å²) in [6.07, 6.45) is 5.98. The van der Waals surface area contributed by atoms with E-state index in [0.717, 1.165) is 49.5 Å². The average Bonchev–Trinajstić information content (AvgIpc) is 3.13. The number of piperidine rings is 1.